The van der Waals surface area contributed by atoms with Gasteiger partial charge in [0.2, 0.25) is 0 Å². The molecular formula is C28H39FN6O3. The molecule has 0 aliphatic carbocycles. The minimum absolute atomic E-state index is 0.00899. The highest BCUT2D eigenvalue weighted by Crippen LogP contribution is 2.35. The summed E-state index contributed by atoms with van der Waals surface area (Å²) < 4.78 is 21.1. The molecule has 1 fully saturated rings. The van der Waals surface area contributed by atoms with Crippen LogP contribution in [0.1, 0.15) is 43.4 Å². The number of benzene rings is 2. The molecule has 3 N–H and O–H groups in total. The minimum atomic E-state index is -0.594. The second kappa shape index (κ2) is 12.8. The molecule has 3 rings (SSSR count). The summed E-state index contributed by atoms with van der Waals surface area (Å²) in [5.74, 6) is -1.32. The van der Waals surface area contributed by atoms with Crippen LogP contribution in [0.3, 0.4) is 0 Å². The summed E-state index contributed by atoms with van der Waals surface area (Å²) in [6.07, 6.45) is 0. The zero-order chi connectivity index (χ0) is 28.0. The number of aliphatic imine (C=N–C) groups is 1. The van der Waals surface area contributed by atoms with Gasteiger partial charge in [0.15, 0.2) is 5.84 Å². The zero-order valence-electron chi connectivity index (χ0n) is 23.1. The van der Waals surface area contributed by atoms with Gasteiger partial charge in [0.25, 0.3) is 5.91 Å². The number of nitrogens with zero attached hydrogens (tertiary/aromatic N) is 4. The maximum absolute atomic E-state index is 15.7. The Morgan fingerprint density at radius 3 is 2.47 bits per heavy atom. The highest BCUT2D eigenvalue weighted by atomic mass is 19.1. The van der Waals surface area contributed by atoms with Crippen molar-refractivity contribution in [3.05, 3.63) is 52.8 Å². The van der Waals surface area contributed by atoms with Gasteiger partial charge in [0, 0.05) is 52.4 Å². The minimum Gasteiger partial charge on any atom is -0.507 e. The smallest absolute Gasteiger partial charge is 0.287 e. The SMILES string of the molecule is CCNC(=O)C(=NC)N(C(=N)c1cc(C(C)C)c(OC)cc1O)c1ccc(CN2CCN(C)CC2)cc1F. The number of halogens is 1. The highest BCUT2D eigenvalue weighted by Gasteiger charge is 2.30. The Bertz CT molecular complexity index is 1190. The van der Waals surface area contributed by atoms with E-state index >= 15 is 4.39 Å². The number of carbonyl (C=O) groups excluding carboxylic acids is 1. The predicted octanol–water partition coefficient (Wildman–Crippen LogP) is 3.41. The summed E-state index contributed by atoms with van der Waals surface area (Å²) in [5.41, 5.74) is 1.68. The molecule has 206 valence electrons. The highest BCUT2D eigenvalue weighted by molar-refractivity contribution is 6.49. The van der Waals surface area contributed by atoms with Crippen molar-refractivity contribution in [1.82, 2.24) is 15.1 Å². The van der Waals surface area contributed by atoms with Gasteiger partial charge in [0.05, 0.1) is 18.4 Å². The maximum atomic E-state index is 15.7. The Balaban J connectivity index is 2.06. The molecule has 1 aliphatic rings. The van der Waals surface area contributed by atoms with E-state index in [1.54, 1.807) is 25.1 Å². The van der Waals surface area contributed by atoms with Crippen molar-refractivity contribution >= 4 is 23.3 Å². The number of methoxy groups -OCH3 is 1. The first-order chi connectivity index (χ1) is 18.1. The van der Waals surface area contributed by atoms with Gasteiger partial charge in [-0.05, 0) is 49.2 Å². The number of nitrogens with one attached hydrogen (secondary N) is 2. The Morgan fingerprint density at radius 2 is 1.92 bits per heavy atom. The monoisotopic (exact) mass is 526 g/mol. The third-order valence-electron chi connectivity index (χ3n) is 6.67. The number of phenolic OH excluding ortho intramolecular Hbond substituents is 1. The van der Waals surface area contributed by atoms with Crippen LogP contribution in [-0.4, -0.2) is 86.4 Å². The largest absolute Gasteiger partial charge is 0.507 e. The fourth-order valence-corrected chi connectivity index (χ4v) is 4.50. The number of rotatable bonds is 7. The van der Waals surface area contributed by atoms with E-state index in [2.05, 4.69) is 27.2 Å². The van der Waals surface area contributed by atoms with Crippen molar-refractivity contribution in [1.29, 1.82) is 5.41 Å². The average molecular weight is 527 g/mol. The number of hydrogen-bond donors (Lipinski definition) is 3. The van der Waals surface area contributed by atoms with E-state index in [1.165, 1.54) is 26.3 Å². The number of carbonyl (C=O) groups is 1. The number of hydrogen-bond acceptors (Lipinski definition) is 7. The number of anilines is 1. The third kappa shape index (κ3) is 6.49. The van der Waals surface area contributed by atoms with Crippen molar-refractivity contribution in [3.8, 4) is 11.5 Å². The lowest BCUT2D eigenvalue weighted by molar-refractivity contribution is -0.114. The molecule has 0 radical (unpaired) electrons. The Labute approximate surface area is 224 Å². The van der Waals surface area contributed by atoms with E-state index < -0.39 is 11.7 Å². The van der Waals surface area contributed by atoms with Gasteiger partial charge in [-0.2, -0.15) is 0 Å². The van der Waals surface area contributed by atoms with E-state index in [9.17, 15) is 9.90 Å². The molecule has 2 aromatic rings. The van der Waals surface area contributed by atoms with Gasteiger partial charge < -0.3 is 20.1 Å². The van der Waals surface area contributed by atoms with Crippen LogP contribution < -0.4 is 15.0 Å². The summed E-state index contributed by atoms with van der Waals surface area (Å²) >= 11 is 0. The van der Waals surface area contributed by atoms with Crippen LogP contribution in [0.2, 0.25) is 0 Å². The van der Waals surface area contributed by atoms with Gasteiger partial charge >= 0.3 is 0 Å². The number of aromatic hydroxyl groups is 1. The van der Waals surface area contributed by atoms with Gasteiger partial charge in [-0.25, -0.2) is 4.39 Å². The van der Waals surface area contributed by atoms with Crippen LogP contribution in [0.4, 0.5) is 10.1 Å². The molecule has 0 bridgehead atoms. The number of piperazine rings is 1. The standard InChI is InChI=1S/C28H39FN6O3/c1-7-32-28(37)27(31-4)35(26(30)21-15-20(18(2)3)25(38-6)16-24(21)36)23-9-8-19(14-22(23)29)17-34-12-10-33(5)11-13-34/h8-9,14-16,18,30,36H,7,10-13,17H2,1-6H3,(H,32,37). The first-order valence-electron chi connectivity index (χ1n) is 12.8. The molecule has 0 spiro atoms. The lowest BCUT2D eigenvalue weighted by Crippen LogP contribution is -2.47. The molecule has 1 saturated heterocycles. The lowest BCUT2D eigenvalue weighted by Gasteiger charge is -2.32. The van der Waals surface area contributed by atoms with Gasteiger partial charge in [-0.1, -0.05) is 19.9 Å². The van der Waals surface area contributed by atoms with Crippen LogP contribution in [-0.2, 0) is 11.3 Å². The van der Waals surface area contributed by atoms with Gasteiger partial charge in [-0.3, -0.25) is 25.0 Å². The predicted molar refractivity (Wildman–Crippen MR) is 149 cm³/mol. The Kier molecular flexibility index (Phi) is 9.82. The van der Waals surface area contributed by atoms with E-state index in [1.807, 2.05) is 13.8 Å². The van der Waals surface area contributed by atoms with Crippen LogP contribution in [0.25, 0.3) is 0 Å². The summed E-state index contributed by atoms with van der Waals surface area (Å²) in [5, 5.41) is 22.5. The lowest BCUT2D eigenvalue weighted by atomic mass is 9.97. The van der Waals surface area contributed by atoms with Crippen molar-refractivity contribution in [3.63, 3.8) is 0 Å². The maximum Gasteiger partial charge on any atom is 0.287 e. The summed E-state index contributed by atoms with van der Waals surface area (Å²) in [7, 11) is 5.01. The van der Waals surface area contributed by atoms with Gasteiger partial charge in [0.1, 0.15) is 23.2 Å². The number of phenols is 1. The quantitative estimate of drug-likeness (QED) is 0.377. The van der Waals surface area contributed by atoms with E-state index in [4.69, 9.17) is 10.1 Å². The van der Waals surface area contributed by atoms with Crippen LogP contribution in [0.15, 0.2) is 35.3 Å². The molecule has 1 heterocycles. The van der Waals surface area contributed by atoms with E-state index in [-0.39, 0.29) is 34.6 Å². The van der Waals surface area contributed by atoms with Crippen molar-refractivity contribution in [2.75, 3.05) is 58.8 Å². The summed E-state index contributed by atoms with van der Waals surface area (Å²) in [6.45, 7) is 10.3. The Morgan fingerprint density at radius 1 is 1.24 bits per heavy atom. The average Bonchev–Trinajstić information content (AvgIpc) is 2.88. The Hall–Kier alpha value is -3.50. The molecule has 0 saturated carbocycles. The zero-order valence-corrected chi connectivity index (χ0v) is 23.1. The molecular weight excluding hydrogens is 487 g/mol. The summed E-state index contributed by atoms with van der Waals surface area (Å²) in [4.78, 5) is 22.7. The molecule has 1 aliphatic heterocycles. The van der Waals surface area contributed by atoms with Crippen LogP contribution >= 0.6 is 0 Å². The molecule has 0 unspecified atom stereocenters. The fraction of sp³-hybridized carbons (Fsp3) is 0.464. The molecule has 0 atom stereocenters. The first kappa shape index (κ1) is 29.1. The normalized spacial score (nSPS) is 15.0. The van der Waals surface area contributed by atoms with Crippen molar-refractivity contribution in [2.45, 2.75) is 33.2 Å². The molecule has 10 heteroatoms. The second-order valence-electron chi connectivity index (χ2n) is 9.72. The van der Waals surface area contributed by atoms with Crippen molar-refractivity contribution in [2.24, 2.45) is 4.99 Å². The second-order valence-corrected chi connectivity index (χ2v) is 9.72. The van der Waals surface area contributed by atoms with E-state index in [0.717, 1.165) is 42.2 Å². The number of amides is 1. The topological polar surface area (TPSA) is 104 Å². The molecule has 9 nitrogen and oxygen atoms in total. The molecule has 2 aromatic carbocycles. The number of amidine groups is 2. The fourth-order valence-electron chi connectivity index (χ4n) is 4.50. The third-order valence-corrected chi connectivity index (χ3v) is 6.67. The number of ether oxygens (including phenoxy) is 1. The van der Waals surface area contributed by atoms with Gasteiger partial charge in [-0.15, -0.1) is 0 Å². The summed E-state index contributed by atoms with van der Waals surface area (Å²) in [6, 6.07) is 7.87. The van der Waals surface area contributed by atoms with Crippen molar-refractivity contribution < 1.29 is 19.0 Å². The first-order valence-corrected chi connectivity index (χ1v) is 12.8. The molecule has 38 heavy (non-hydrogen) atoms. The molecule has 0 aromatic heterocycles. The molecule has 1 amide bonds. The van der Waals surface area contributed by atoms with E-state index in [0.29, 0.717) is 18.8 Å². The number of likely N-dealkylation sites (N-methyl/N-ethyl adjacent to an activating group) is 2. The van der Waals surface area contributed by atoms with Crippen LogP contribution in [0, 0.1) is 11.2 Å². The van der Waals surface area contributed by atoms with Crippen LogP contribution in [0.5, 0.6) is 11.5 Å².